The number of pyridine rings is 1. The molecule has 7 nitrogen and oxygen atoms in total. The summed E-state index contributed by atoms with van der Waals surface area (Å²) < 4.78 is 66.4. The SMILES string of the molecule is CN(Oc1ccc(NC(=O)Nc2cc(C(F)(F)F)ccc2F)c(F)c1)C(=O)c1ccccn1. The van der Waals surface area contributed by atoms with E-state index in [1.54, 1.807) is 12.1 Å². The van der Waals surface area contributed by atoms with Gasteiger partial charge in [-0.1, -0.05) is 6.07 Å². The number of hydrogen-bond donors (Lipinski definition) is 2. The molecule has 0 aliphatic heterocycles. The molecule has 0 saturated carbocycles. The Morgan fingerprint density at radius 2 is 1.67 bits per heavy atom. The Morgan fingerprint density at radius 1 is 0.939 bits per heavy atom. The second-order valence-corrected chi connectivity index (χ2v) is 6.52. The van der Waals surface area contributed by atoms with Crippen LogP contribution in [0.15, 0.2) is 60.8 Å². The molecule has 1 heterocycles. The lowest BCUT2D eigenvalue weighted by Crippen LogP contribution is -2.30. The molecule has 33 heavy (non-hydrogen) atoms. The van der Waals surface area contributed by atoms with E-state index in [-0.39, 0.29) is 17.1 Å². The van der Waals surface area contributed by atoms with Crippen LogP contribution in [0.2, 0.25) is 0 Å². The second-order valence-electron chi connectivity index (χ2n) is 6.52. The van der Waals surface area contributed by atoms with Crippen molar-refractivity contribution in [3.8, 4) is 5.75 Å². The zero-order valence-electron chi connectivity index (χ0n) is 16.8. The molecule has 1 aromatic heterocycles. The summed E-state index contributed by atoms with van der Waals surface area (Å²) in [4.78, 5) is 33.4. The molecule has 3 aromatic rings. The van der Waals surface area contributed by atoms with Gasteiger partial charge >= 0.3 is 18.1 Å². The van der Waals surface area contributed by atoms with E-state index >= 15 is 0 Å². The molecule has 0 aliphatic rings. The minimum absolute atomic E-state index is 0.0887. The molecular weight excluding hydrogens is 451 g/mol. The molecule has 0 radical (unpaired) electrons. The van der Waals surface area contributed by atoms with Gasteiger partial charge in [0.05, 0.1) is 16.9 Å². The molecule has 0 saturated heterocycles. The van der Waals surface area contributed by atoms with Gasteiger partial charge in [-0.2, -0.15) is 18.2 Å². The quantitative estimate of drug-likeness (QED) is 0.406. The number of benzene rings is 2. The van der Waals surface area contributed by atoms with Crippen LogP contribution in [0.3, 0.4) is 0 Å². The van der Waals surface area contributed by atoms with Crippen molar-refractivity contribution < 1.29 is 36.4 Å². The average molecular weight is 466 g/mol. The molecule has 2 N–H and O–H groups in total. The Hall–Kier alpha value is -4.22. The van der Waals surface area contributed by atoms with Gasteiger partial charge in [0.2, 0.25) is 0 Å². The van der Waals surface area contributed by atoms with Crippen LogP contribution in [0.5, 0.6) is 5.75 Å². The van der Waals surface area contributed by atoms with Crippen LogP contribution in [0.1, 0.15) is 16.1 Å². The summed E-state index contributed by atoms with van der Waals surface area (Å²) in [5.74, 6) is -2.77. The third-order valence-corrected chi connectivity index (χ3v) is 4.14. The van der Waals surface area contributed by atoms with Crippen LogP contribution >= 0.6 is 0 Å². The molecular formula is C21H15F5N4O3. The van der Waals surface area contributed by atoms with Gasteiger partial charge in [0.15, 0.2) is 11.6 Å². The summed E-state index contributed by atoms with van der Waals surface area (Å²) in [7, 11) is 1.29. The first-order valence-electron chi connectivity index (χ1n) is 9.16. The standard InChI is InChI=1S/C21H15F5N4O3/c1-30(19(31)17-4-2-3-9-27-17)33-13-6-8-16(15(23)11-13)28-20(32)29-18-10-12(21(24,25)26)5-7-14(18)22/h2-11H,1H3,(H2,28,29,32). The lowest BCUT2D eigenvalue weighted by molar-refractivity contribution is -0.137. The third-order valence-electron chi connectivity index (χ3n) is 4.14. The van der Waals surface area contributed by atoms with E-state index in [2.05, 4.69) is 10.3 Å². The number of alkyl halides is 3. The Bertz CT molecular complexity index is 1170. The summed E-state index contributed by atoms with van der Waals surface area (Å²) in [5, 5.41) is 4.78. The van der Waals surface area contributed by atoms with Gasteiger partial charge in [0.1, 0.15) is 11.5 Å². The fourth-order valence-electron chi connectivity index (χ4n) is 2.58. The topological polar surface area (TPSA) is 83.6 Å². The van der Waals surface area contributed by atoms with Crippen molar-refractivity contribution in [1.29, 1.82) is 0 Å². The summed E-state index contributed by atoms with van der Waals surface area (Å²) in [6, 6.07) is 8.17. The number of nitrogens with zero attached hydrogens (tertiary/aromatic N) is 2. The van der Waals surface area contributed by atoms with Crippen molar-refractivity contribution in [3.05, 3.63) is 83.7 Å². The second kappa shape index (κ2) is 9.51. The predicted molar refractivity (Wildman–Crippen MR) is 107 cm³/mol. The Balaban J connectivity index is 1.66. The molecule has 0 aliphatic carbocycles. The zero-order valence-corrected chi connectivity index (χ0v) is 16.8. The van der Waals surface area contributed by atoms with Crippen molar-refractivity contribution in [2.45, 2.75) is 6.18 Å². The van der Waals surface area contributed by atoms with E-state index in [0.29, 0.717) is 18.2 Å². The zero-order chi connectivity index (χ0) is 24.2. The smallest absolute Gasteiger partial charge is 0.377 e. The van der Waals surface area contributed by atoms with Crippen LogP contribution in [0.4, 0.5) is 38.1 Å². The van der Waals surface area contributed by atoms with Crippen molar-refractivity contribution in [2.24, 2.45) is 0 Å². The number of rotatable bonds is 5. The first-order valence-corrected chi connectivity index (χ1v) is 9.16. The maximum atomic E-state index is 14.4. The van der Waals surface area contributed by atoms with Crippen molar-refractivity contribution >= 4 is 23.3 Å². The monoisotopic (exact) mass is 466 g/mol. The summed E-state index contributed by atoms with van der Waals surface area (Å²) in [6.45, 7) is 0. The van der Waals surface area contributed by atoms with Crippen LogP contribution in [0, 0.1) is 11.6 Å². The molecule has 0 bridgehead atoms. The molecule has 0 spiro atoms. The van der Waals surface area contributed by atoms with Crippen LogP contribution < -0.4 is 15.5 Å². The number of aromatic nitrogens is 1. The molecule has 0 atom stereocenters. The normalized spacial score (nSPS) is 11.0. The summed E-state index contributed by atoms with van der Waals surface area (Å²) >= 11 is 0. The minimum Gasteiger partial charge on any atom is -0.377 e. The highest BCUT2D eigenvalue weighted by Gasteiger charge is 2.31. The maximum absolute atomic E-state index is 14.4. The fourth-order valence-corrected chi connectivity index (χ4v) is 2.58. The van der Waals surface area contributed by atoms with Crippen molar-refractivity contribution in [3.63, 3.8) is 0 Å². The molecule has 3 amide bonds. The lowest BCUT2D eigenvalue weighted by Gasteiger charge is -2.17. The largest absolute Gasteiger partial charge is 0.416 e. The Morgan fingerprint density at radius 3 is 2.30 bits per heavy atom. The number of anilines is 2. The average Bonchev–Trinajstić information content (AvgIpc) is 2.76. The van der Waals surface area contributed by atoms with Crippen molar-refractivity contribution in [2.75, 3.05) is 17.7 Å². The third kappa shape index (κ3) is 5.93. The van der Waals surface area contributed by atoms with Gasteiger partial charge in [-0.05, 0) is 42.5 Å². The summed E-state index contributed by atoms with van der Waals surface area (Å²) in [5.41, 5.74) is -2.18. The predicted octanol–water partition coefficient (Wildman–Crippen LogP) is 5.09. The fraction of sp³-hybridized carbons (Fsp3) is 0.0952. The van der Waals surface area contributed by atoms with Crippen LogP contribution in [-0.2, 0) is 6.18 Å². The van der Waals surface area contributed by atoms with E-state index in [0.717, 1.165) is 17.2 Å². The highest BCUT2D eigenvalue weighted by molar-refractivity contribution is 6.00. The van der Waals surface area contributed by atoms with E-state index in [9.17, 15) is 31.5 Å². The van der Waals surface area contributed by atoms with Gasteiger partial charge in [-0.3, -0.25) is 9.78 Å². The van der Waals surface area contributed by atoms with Crippen LogP contribution in [-0.4, -0.2) is 29.0 Å². The number of carbonyl (C=O) groups excluding carboxylic acids is 2. The van der Waals surface area contributed by atoms with Gasteiger partial charge in [0.25, 0.3) is 0 Å². The van der Waals surface area contributed by atoms with Gasteiger partial charge in [0, 0.05) is 19.3 Å². The van der Waals surface area contributed by atoms with E-state index in [4.69, 9.17) is 4.84 Å². The number of hydroxylamine groups is 2. The number of hydrogen-bond acceptors (Lipinski definition) is 4. The number of nitrogens with one attached hydrogen (secondary N) is 2. The number of carbonyl (C=O) groups is 2. The minimum atomic E-state index is -4.74. The summed E-state index contributed by atoms with van der Waals surface area (Å²) in [6.07, 6.45) is -3.33. The Kier molecular flexibility index (Phi) is 6.75. The highest BCUT2D eigenvalue weighted by atomic mass is 19.4. The number of urea groups is 1. The highest BCUT2D eigenvalue weighted by Crippen LogP contribution is 2.32. The van der Waals surface area contributed by atoms with E-state index in [1.807, 2.05) is 5.32 Å². The van der Waals surface area contributed by atoms with Gasteiger partial charge in [-0.15, -0.1) is 0 Å². The molecule has 12 heteroatoms. The van der Waals surface area contributed by atoms with Gasteiger partial charge in [-0.25, -0.2) is 13.6 Å². The maximum Gasteiger partial charge on any atom is 0.416 e. The first kappa shape index (κ1) is 23.4. The van der Waals surface area contributed by atoms with Gasteiger partial charge < -0.3 is 15.5 Å². The first-order chi connectivity index (χ1) is 15.5. The van der Waals surface area contributed by atoms with E-state index in [1.165, 1.54) is 25.4 Å². The number of amides is 3. The lowest BCUT2D eigenvalue weighted by atomic mass is 10.2. The molecule has 3 rings (SSSR count). The van der Waals surface area contributed by atoms with E-state index < -0.39 is 41.0 Å². The molecule has 0 fully saturated rings. The molecule has 172 valence electrons. The molecule has 2 aromatic carbocycles. The molecule has 0 unspecified atom stereocenters. The number of halogens is 5. The van der Waals surface area contributed by atoms with Crippen LogP contribution in [0.25, 0.3) is 0 Å². The van der Waals surface area contributed by atoms with Crippen molar-refractivity contribution in [1.82, 2.24) is 10.0 Å². The Labute approximate surface area is 183 Å².